The lowest BCUT2D eigenvalue weighted by atomic mass is 9.94. The highest BCUT2D eigenvalue weighted by Gasteiger charge is 2.38. The molecule has 0 radical (unpaired) electrons. The minimum atomic E-state index is -0.474. The third-order valence-corrected chi connectivity index (χ3v) is 3.66. The highest BCUT2D eigenvalue weighted by Crippen LogP contribution is 2.26. The van der Waals surface area contributed by atoms with Gasteiger partial charge in [0.2, 0.25) is 5.91 Å². The summed E-state index contributed by atoms with van der Waals surface area (Å²) in [4.78, 5) is 25.7. The maximum absolute atomic E-state index is 12.3. The zero-order valence-electron chi connectivity index (χ0n) is 12.1. The SMILES string of the molecule is CC(C)(C)OC(=O)N1CCCC2NC(=O)CCCC21. The molecule has 1 N–H and O–H groups in total. The van der Waals surface area contributed by atoms with Crippen LogP contribution in [0.15, 0.2) is 0 Å². The van der Waals surface area contributed by atoms with Crippen LogP contribution in [0.5, 0.6) is 0 Å². The lowest BCUT2D eigenvalue weighted by Crippen LogP contribution is -2.56. The third-order valence-electron chi connectivity index (χ3n) is 3.66. The van der Waals surface area contributed by atoms with E-state index in [9.17, 15) is 9.59 Å². The number of hydrogen-bond acceptors (Lipinski definition) is 3. The molecule has 2 aliphatic rings. The monoisotopic (exact) mass is 268 g/mol. The van der Waals surface area contributed by atoms with Gasteiger partial charge in [0.1, 0.15) is 5.60 Å². The van der Waals surface area contributed by atoms with Crippen LogP contribution < -0.4 is 5.32 Å². The Balaban J connectivity index is 2.07. The first-order valence-electron chi connectivity index (χ1n) is 7.16. The molecule has 0 saturated carbocycles. The molecule has 2 aliphatic heterocycles. The lowest BCUT2D eigenvalue weighted by Gasteiger charge is -2.41. The Morgan fingerprint density at radius 2 is 2.05 bits per heavy atom. The topological polar surface area (TPSA) is 58.6 Å². The van der Waals surface area contributed by atoms with Gasteiger partial charge in [-0.3, -0.25) is 4.79 Å². The molecule has 19 heavy (non-hydrogen) atoms. The molecule has 0 bridgehead atoms. The van der Waals surface area contributed by atoms with Crippen molar-refractivity contribution in [2.75, 3.05) is 6.54 Å². The number of amides is 2. The maximum Gasteiger partial charge on any atom is 0.410 e. The number of nitrogens with zero attached hydrogens (tertiary/aromatic N) is 1. The summed E-state index contributed by atoms with van der Waals surface area (Å²) in [5, 5.41) is 3.04. The minimum absolute atomic E-state index is 0.0926. The smallest absolute Gasteiger partial charge is 0.410 e. The van der Waals surface area contributed by atoms with Crippen LogP contribution in [0.2, 0.25) is 0 Å². The van der Waals surface area contributed by atoms with Crippen LogP contribution in [0, 0.1) is 0 Å². The van der Waals surface area contributed by atoms with E-state index in [1.165, 1.54) is 0 Å². The van der Waals surface area contributed by atoms with Crippen molar-refractivity contribution in [1.29, 1.82) is 0 Å². The second-order valence-electron chi connectivity index (χ2n) is 6.45. The van der Waals surface area contributed by atoms with E-state index in [0.29, 0.717) is 6.42 Å². The number of fused-ring (bicyclic) bond motifs is 1. The van der Waals surface area contributed by atoms with Gasteiger partial charge in [-0.25, -0.2) is 4.79 Å². The van der Waals surface area contributed by atoms with Crippen LogP contribution in [-0.4, -0.2) is 41.1 Å². The second-order valence-corrected chi connectivity index (χ2v) is 6.45. The number of nitrogens with one attached hydrogen (secondary N) is 1. The summed E-state index contributed by atoms with van der Waals surface area (Å²) in [5.41, 5.74) is -0.474. The van der Waals surface area contributed by atoms with Gasteiger partial charge in [-0.05, 0) is 46.5 Å². The summed E-state index contributed by atoms with van der Waals surface area (Å²) >= 11 is 0. The maximum atomic E-state index is 12.3. The van der Waals surface area contributed by atoms with Gasteiger partial charge in [-0.1, -0.05) is 0 Å². The van der Waals surface area contributed by atoms with Crippen molar-refractivity contribution in [3.05, 3.63) is 0 Å². The standard InChI is InChI=1S/C14H24N2O3/c1-14(2,3)19-13(18)16-9-5-6-10-11(16)7-4-8-12(17)15-10/h10-11H,4-9H2,1-3H3,(H,15,17). The molecule has 2 unspecified atom stereocenters. The molecule has 2 amide bonds. The fourth-order valence-corrected chi connectivity index (χ4v) is 2.88. The Morgan fingerprint density at radius 3 is 2.74 bits per heavy atom. The van der Waals surface area contributed by atoms with Crippen LogP contribution >= 0.6 is 0 Å². The van der Waals surface area contributed by atoms with Crippen LogP contribution in [-0.2, 0) is 9.53 Å². The van der Waals surface area contributed by atoms with E-state index in [-0.39, 0.29) is 24.1 Å². The van der Waals surface area contributed by atoms with Crippen LogP contribution in [0.1, 0.15) is 52.9 Å². The van der Waals surface area contributed by atoms with E-state index in [4.69, 9.17) is 4.74 Å². The van der Waals surface area contributed by atoms with Gasteiger partial charge >= 0.3 is 6.09 Å². The Kier molecular flexibility index (Phi) is 4.02. The van der Waals surface area contributed by atoms with E-state index < -0.39 is 5.60 Å². The molecule has 2 rings (SSSR count). The molecule has 2 saturated heterocycles. The van der Waals surface area contributed by atoms with Crippen molar-refractivity contribution in [3.8, 4) is 0 Å². The van der Waals surface area contributed by atoms with Crippen molar-refractivity contribution in [2.24, 2.45) is 0 Å². The first-order valence-corrected chi connectivity index (χ1v) is 7.16. The Morgan fingerprint density at radius 1 is 1.32 bits per heavy atom. The zero-order valence-corrected chi connectivity index (χ0v) is 12.1. The molecule has 0 aromatic carbocycles. The van der Waals surface area contributed by atoms with Gasteiger partial charge in [0, 0.05) is 19.0 Å². The Labute approximate surface area is 114 Å². The second kappa shape index (κ2) is 5.39. The highest BCUT2D eigenvalue weighted by atomic mass is 16.6. The molecule has 5 nitrogen and oxygen atoms in total. The number of likely N-dealkylation sites (tertiary alicyclic amines) is 1. The van der Waals surface area contributed by atoms with Gasteiger partial charge in [-0.2, -0.15) is 0 Å². The molecular formula is C14H24N2O3. The molecule has 5 heteroatoms. The highest BCUT2D eigenvalue weighted by molar-refractivity contribution is 5.77. The molecule has 0 aromatic heterocycles. The number of rotatable bonds is 0. The normalized spacial score (nSPS) is 28.2. The Hall–Kier alpha value is -1.26. The van der Waals surface area contributed by atoms with Gasteiger partial charge in [0.25, 0.3) is 0 Å². The minimum Gasteiger partial charge on any atom is -0.444 e. The van der Waals surface area contributed by atoms with Gasteiger partial charge in [0.05, 0.1) is 6.04 Å². The first-order chi connectivity index (χ1) is 8.87. The van der Waals surface area contributed by atoms with Gasteiger partial charge < -0.3 is 15.0 Å². The van der Waals surface area contributed by atoms with E-state index in [2.05, 4.69) is 5.32 Å². The number of hydrogen-bond donors (Lipinski definition) is 1. The van der Waals surface area contributed by atoms with E-state index >= 15 is 0 Å². The van der Waals surface area contributed by atoms with Crippen LogP contribution in [0.25, 0.3) is 0 Å². The molecule has 2 fully saturated rings. The van der Waals surface area contributed by atoms with Gasteiger partial charge in [-0.15, -0.1) is 0 Å². The van der Waals surface area contributed by atoms with Crippen molar-refractivity contribution in [3.63, 3.8) is 0 Å². The van der Waals surface area contributed by atoms with Crippen molar-refractivity contribution in [2.45, 2.75) is 70.6 Å². The predicted molar refractivity (Wildman–Crippen MR) is 71.7 cm³/mol. The third kappa shape index (κ3) is 3.61. The molecular weight excluding hydrogens is 244 g/mol. The van der Waals surface area contributed by atoms with E-state index in [1.807, 2.05) is 25.7 Å². The summed E-state index contributed by atoms with van der Waals surface area (Å²) in [5.74, 6) is 0.110. The molecule has 108 valence electrons. The number of carbonyl (C=O) groups excluding carboxylic acids is 2. The largest absolute Gasteiger partial charge is 0.444 e. The average molecular weight is 268 g/mol. The number of carbonyl (C=O) groups is 2. The number of ether oxygens (including phenoxy) is 1. The molecule has 2 atom stereocenters. The summed E-state index contributed by atoms with van der Waals surface area (Å²) in [7, 11) is 0. The molecule has 2 heterocycles. The summed E-state index contributed by atoms with van der Waals surface area (Å²) < 4.78 is 5.47. The van der Waals surface area contributed by atoms with Crippen molar-refractivity contribution in [1.82, 2.24) is 10.2 Å². The zero-order chi connectivity index (χ0) is 14.0. The van der Waals surface area contributed by atoms with Crippen LogP contribution in [0.3, 0.4) is 0 Å². The van der Waals surface area contributed by atoms with E-state index in [1.54, 1.807) is 0 Å². The molecule has 0 aliphatic carbocycles. The summed E-state index contributed by atoms with van der Waals surface area (Å²) in [6.07, 6.45) is 3.90. The van der Waals surface area contributed by atoms with Crippen LogP contribution in [0.4, 0.5) is 4.79 Å². The molecule has 0 aromatic rings. The number of piperidine rings is 1. The lowest BCUT2D eigenvalue weighted by molar-refractivity contribution is -0.121. The predicted octanol–water partition coefficient (Wildman–Crippen LogP) is 2.05. The summed E-state index contributed by atoms with van der Waals surface area (Å²) in [6, 6.07) is 0.186. The van der Waals surface area contributed by atoms with Gasteiger partial charge in [0.15, 0.2) is 0 Å². The fraction of sp³-hybridized carbons (Fsp3) is 0.857. The van der Waals surface area contributed by atoms with Crippen molar-refractivity contribution < 1.29 is 14.3 Å². The summed E-state index contributed by atoms with van der Waals surface area (Å²) in [6.45, 7) is 6.36. The first kappa shape index (κ1) is 14.2. The fourth-order valence-electron chi connectivity index (χ4n) is 2.88. The quantitative estimate of drug-likeness (QED) is 0.731. The Bertz CT molecular complexity index is 362. The van der Waals surface area contributed by atoms with E-state index in [0.717, 1.165) is 32.2 Å². The van der Waals surface area contributed by atoms with Crippen molar-refractivity contribution >= 4 is 12.0 Å². The average Bonchev–Trinajstić information content (AvgIpc) is 2.46. The molecule has 0 spiro atoms.